The van der Waals surface area contributed by atoms with Crippen molar-refractivity contribution in [3.63, 3.8) is 0 Å². The van der Waals surface area contributed by atoms with Crippen molar-refractivity contribution < 1.29 is 0 Å². The van der Waals surface area contributed by atoms with Crippen molar-refractivity contribution in [2.45, 2.75) is 6.92 Å². The van der Waals surface area contributed by atoms with Crippen LogP contribution in [0, 0.1) is 0 Å². The molecule has 0 rings (SSSR count). The van der Waals surface area contributed by atoms with E-state index in [1.54, 1.807) is 0 Å². The van der Waals surface area contributed by atoms with Crippen LogP contribution in [0.25, 0.3) is 0 Å². The summed E-state index contributed by atoms with van der Waals surface area (Å²) in [5.41, 5.74) is 1.53. The number of hydrogen-bond acceptors (Lipinski definition) is 2. The van der Waals surface area contributed by atoms with Gasteiger partial charge in [-0.2, -0.15) is 0 Å². The molecule has 2 N–H and O–H groups in total. The fourth-order valence-electron chi connectivity index (χ4n) is 0.331. The first-order valence-electron chi connectivity index (χ1n) is 2.61. The maximum atomic E-state index is 5.37. The van der Waals surface area contributed by atoms with Crippen LogP contribution >= 0.6 is 0 Å². The lowest BCUT2D eigenvalue weighted by atomic mass is 10.3. The molecule has 0 atom stereocenters. The van der Waals surface area contributed by atoms with E-state index in [4.69, 9.17) is 5.84 Å². The standard InChI is InChI=1S/C7H12N2/c1-5-9(8)7(4)6(2)3/h5H,1-2,4,8H2,3H3. The zero-order chi connectivity index (χ0) is 7.44. The fraction of sp³-hybridized carbons (Fsp3) is 0.143. The molecule has 0 heterocycles. The quantitative estimate of drug-likeness (QED) is 0.350. The van der Waals surface area contributed by atoms with Crippen molar-refractivity contribution in [2.75, 3.05) is 0 Å². The van der Waals surface area contributed by atoms with Gasteiger partial charge >= 0.3 is 0 Å². The Bertz CT molecular complexity index is 147. The van der Waals surface area contributed by atoms with E-state index in [2.05, 4.69) is 19.7 Å². The second-order valence-electron chi connectivity index (χ2n) is 1.82. The van der Waals surface area contributed by atoms with E-state index >= 15 is 0 Å². The zero-order valence-corrected chi connectivity index (χ0v) is 5.72. The predicted molar refractivity (Wildman–Crippen MR) is 40.2 cm³/mol. The van der Waals surface area contributed by atoms with Gasteiger partial charge in [0.15, 0.2) is 0 Å². The molecule has 0 aliphatic carbocycles. The van der Waals surface area contributed by atoms with Crippen molar-refractivity contribution in [1.82, 2.24) is 5.01 Å². The fourth-order valence-corrected chi connectivity index (χ4v) is 0.331. The molecular formula is C7H12N2. The SMILES string of the molecule is C=CN(N)C(=C)C(=C)C. The van der Waals surface area contributed by atoms with Crippen LogP contribution in [0.15, 0.2) is 37.2 Å². The summed E-state index contributed by atoms with van der Waals surface area (Å²) in [5, 5.41) is 1.34. The third-order valence-electron chi connectivity index (χ3n) is 1.00. The number of nitrogens with zero attached hydrogens (tertiary/aromatic N) is 1. The molecule has 0 aliphatic heterocycles. The monoisotopic (exact) mass is 124 g/mol. The van der Waals surface area contributed by atoms with Gasteiger partial charge in [-0.15, -0.1) is 0 Å². The summed E-state index contributed by atoms with van der Waals surface area (Å²) in [6, 6.07) is 0. The van der Waals surface area contributed by atoms with Gasteiger partial charge in [0.05, 0.1) is 5.70 Å². The summed E-state index contributed by atoms with van der Waals surface area (Å²) >= 11 is 0. The minimum Gasteiger partial charge on any atom is -0.288 e. The molecule has 2 nitrogen and oxygen atoms in total. The molecule has 0 unspecified atom stereocenters. The van der Waals surface area contributed by atoms with E-state index in [1.165, 1.54) is 11.2 Å². The van der Waals surface area contributed by atoms with E-state index in [0.29, 0.717) is 5.70 Å². The van der Waals surface area contributed by atoms with Gasteiger partial charge in [-0.25, -0.2) is 5.84 Å². The lowest BCUT2D eigenvalue weighted by molar-refractivity contribution is 0.505. The third kappa shape index (κ3) is 2.15. The van der Waals surface area contributed by atoms with Crippen LogP contribution in [0.2, 0.25) is 0 Å². The molecule has 0 aliphatic rings. The highest BCUT2D eigenvalue weighted by Gasteiger charge is 1.95. The van der Waals surface area contributed by atoms with E-state index in [0.717, 1.165) is 5.57 Å². The normalized spacial score (nSPS) is 8.22. The second-order valence-corrected chi connectivity index (χ2v) is 1.82. The van der Waals surface area contributed by atoms with Gasteiger partial charge < -0.3 is 0 Å². The van der Waals surface area contributed by atoms with Gasteiger partial charge in [-0.3, -0.25) is 5.01 Å². The van der Waals surface area contributed by atoms with Crippen molar-refractivity contribution in [3.8, 4) is 0 Å². The van der Waals surface area contributed by atoms with Gasteiger partial charge in [0, 0.05) is 6.20 Å². The van der Waals surface area contributed by atoms with E-state index in [1.807, 2.05) is 6.92 Å². The summed E-state index contributed by atoms with van der Waals surface area (Å²) in [4.78, 5) is 0. The molecule has 2 heteroatoms. The minimum atomic E-state index is 0.685. The van der Waals surface area contributed by atoms with Crippen molar-refractivity contribution >= 4 is 0 Å². The highest BCUT2D eigenvalue weighted by molar-refractivity contribution is 5.21. The Morgan fingerprint density at radius 3 is 2.11 bits per heavy atom. The van der Waals surface area contributed by atoms with Crippen LogP contribution in [0.4, 0.5) is 0 Å². The molecule has 0 fully saturated rings. The summed E-state index contributed by atoms with van der Waals surface area (Å²) in [5.74, 6) is 5.37. The Balaban J connectivity index is 4.03. The first-order chi connectivity index (χ1) is 4.09. The minimum absolute atomic E-state index is 0.685. The van der Waals surface area contributed by atoms with Gasteiger partial charge in [0.25, 0.3) is 0 Å². The van der Waals surface area contributed by atoms with Crippen LogP contribution in [-0.2, 0) is 0 Å². The molecule has 0 amide bonds. The Kier molecular flexibility index (Phi) is 2.74. The molecule has 9 heavy (non-hydrogen) atoms. The maximum absolute atomic E-state index is 5.37. The first kappa shape index (κ1) is 7.98. The molecule has 0 aromatic carbocycles. The topological polar surface area (TPSA) is 29.3 Å². The lowest BCUT2D eigenvalue weighted by Gasteiger charge is -2.14. The van der Waals surface area contributed by atoms with Crippen molar-refractivity contribution in [3.05, 3.63) is 37.2 Å². The molecule has 0 aromatic rings. The van der Waals surface area contributed by atoms with Crippen LogP contribution in [0.3, 0.4) is 0 Å². The van der Waals surface area contributed by atoms with Gasteiger partial charge in [-0.05, 0) is 12.5 Å². The molecule has 0 bridgehead atoms. The number of rotatable bonds is 3. The Morgan fingerprint density at radius 2 is 2.00 bits per heavy atom. The van der Waals surface area contributed by atoms with Crippen molar-refractivity contribution in [1.29, 1.82) is 0 Å². The number of nitrogens with two attached hydrogens (primary N) is 1. The zero-order valence-electron chi connectivity index (χ0n) is 5.72. The molecule has 50 valence electrons. The van der Waals surface area contributed by atoms with Crippen LogP contribution in [-0.4, -0.2) is 5.01 Å². The van der Waals surface area contributed by atoms with Gasteiger partial charge in [0.2, 0.25) is 0 Å². The van der Waals surface area contributed by atoms with E-state index in [9.17, 15) is 0 Å². The Morgan fingerprint density at radius 1 is 1.56 bits per heavy atom. The average molecular weight is 124 g/mol. The molecule has 0 aromatic heterocycles. The summed E-state index contributed by atoms with van der Waals surface area (Å²) in [6.45, 7) is 12.6. The molecule has 0 saturated heterocycles. The second kappa shape index (κ2) is 3.10. The predicted octanol–water partition coefficient (Wildman–Crippen LogP) is 1.40. The van der Waals surface area contributed by atoms with Crippen LogP contribution in [0.1, 0.15) is 6.92 Å². The molecule has 0 spiro atoms. The number of hydrazine groups is 1. The van der Waals surface area contributed by atoms with Gasteiger partial charge in [-0.1, -0.05) is 19.7 Å². The van der Waals surface area contributed by atoms with E-state index < -0.39 is 0 Å². The summed E-state index contributed by atoms with van der Waals surface area (Å²) < 4.78 is 0. The van der Waals surface area contributed by atoms with E-state index in [-0.39, 0.29) is 0 Å². The Labute approximate surface area is 55.9 Å². The van der Waals surface area contributed by atoms with Crippen molar-refractivity contribution in [2.24, 2.45) is 5.84 Å². The lowest BCUT2D eigenvalue weighted by Crippen LogP contribution is -2.23. The molecular weight excluding hydrogens is 112 g/mol. The van der Waals surface area contributed by atoms with Crippen LogP contribution < -0.4 is 5.84 Å². The average Bonchev–Trinajstić information content (AvgIpc) is 1.84. The largest absolute Gasteiger partial charge is 0.288 e. The Hall–Kier alpha value is -1.02. The first-order valence-corrected chi connectivity index (χ1v) is 2.61. The highest BCUT2D eigenvalue weighted by Crippen LogP contribution is 2.04. The highest BCUT2D eigenvalue weighted by atomic mass is 15.4. The third-order valence-corrected chi connectivity index (χ3v) is 1.00. The smallest absolute Gasteiger partial charge is 0.0519 e. The summed E-state index contributed by atoms with van der Waals surface area (Å²) in [7, 11) is 0. The molecule has 0 radical (unpaired) electrons. The maximum Gasteiger partial charge on any atom is 0.0519 e. The summed E-state index contributed by atoms with van der Waals surface area (Å²) in [6.07, 6.45) is 1.48. The number of allylic oxidation sites excluding steroid dienone is 1. The number of hydrogen-bond donors (Lipinski definition) is 1. The van der Waals surface area contributed by atoms with Crippen LogP contribution in [0.5, 0.6) is 0 Å². The van der Waals surface area contributed by atoms with Gasteiger partial charge in [0.1, 0.15) is 0 Å². The molecule has 0 saturated carbocycles.